The van der Waals surface area contributed by atoms with E-state index in [2.05, 4.69) is 140 Å². The highest BCUT2D eigenvalue weighted by molar-refractivity contribution is 6.22. The van der Waals surface area contributed by atoms with Crippen molar-refractivity contribution in [3.05, 3.63) is 200 Å². The van der Waals surface area contributed by atoms with E-state index < -0.39 is 0 Å². The monoisotopic (exact) mass is 727 g/mol. The smallest absolute Gasteiger partial charge is 0.167 e. The Balaban J connectivity index is 1.08. The molecule has 0 amide bonds. The van der Waals surface area contributed by atoms with E-state index in [0.717, 1.165) is 44.2 Å². The van der Waals surface area contributed by atoms with Gasteiger partial charge in [0.2, 0.25) is 0 Å². The van der Waals surface area contributed by atoms with Crippen molar-refractivity contribution in [1.29, 1.82) is 0 Å². The van der Waals surface area contributed by atoms with Crippen LogP contribution in [0.2, 0.25) is 0 Å². The second-order valence-electron chi connectivity index (χ2n) is 14.3. The Morgan fingerprint density at radius 1 is 0.263 bits per heavy atom. The van der Waals surface area contributed by atoms with Gasteiger partial charge in [0.05, 0.1) is 5.56 Å². The Morgan fingerprint density at radius 3 is 1.35 bits per heavy atom. The number of furan rings is 1. The van der Waals surface area contributed by atoms with Crippen LogP contribution in [0.4, 0.5) is 0 Å². The molecule has 0 aliphatic heterocycles. The highest BCUT2D eigenvalue weighted by Gasteiger charge is 2.20. The quantitative estimate of drug-likeness (QED) is 0.160. The SMILES string of the molecule is c1ccc(-c2nc(-c3ccc(-c4c5ccccc5c(-c5ccccc5-c5ccccc5)c5ccccc45)cc3)nc(-c3cccc4c3oc3ccccc34)n2)cc1. The number of para-hydroxylation sites is 2. The van der Waals surface area contributed by atoms with Gasteiger partial charge in [-0.1, -0.05) is 188 Å². The molecule has 266 valence electrons. The predicted molar refractivity (Wildman–Crippen MR) is 235 cm³/mol. The van der Waals surface area contributed by atoms with Gasteiger partial charge in [-0.15, -0.1) is 0 Å². The van der Waals surface area contributed by atoms with Crippen LogP contribution in [0.25, 0.3) is 111 Å². The summed E-state index contributed by atoms with van der Waals surface area (Å²) >= 11 is 0. The van der Waals surface area contributed by atoms with Gasteiger partial charge >= 0.3 is 0 Å². The van der Waals surface area contributed by atoms with Crippen LogP contribution in [0.3, 0.4) is 0 Å². The number of hydrogen-bond donors (Lipinski definition) is 0. The minimum atomic E-state index is 0.566. The molecule has 2 aromatic heterocycles. The molecule has 0 radical (unpaired) electrons. The van der Waals surface area contributed by atoms with Crippen molar-refractivity contribution in [1.82, 2.24) is 15.0 Å². The van der Waals surface area contributed by atoms with E-state index in [1.807, 2.05) is 60.7 Å². The van der Waals surface area contributed by atoms with Crippen LogP contribution in [-0.2, 0) is 0 Å². The zero-order chi connectivity index (χ0) is 37.7. The second kappa shape index (κ2) is 13.6. The first-order valence-corrected chi connectivity index (χ1v) is 19.2. The first-order valence-electron chi connectivity index (χ1n) is 19.2. The average molecular weight is 728 g/mol. The molecule has 0 bridgehead atoms. The van der Waals surface area contributed by atoms with Gasteiger partial charge in [0.25, 0.3) is 0 Å². The lowest BCUT2D eigenvalue weighted by atomic mass is 9.84. The third-order valence-corrected chi connectivity index (χ3v) is 11.0. The van der Waals surface area contributed by atoms with E-state index in [-0.39, 0.29) is 0 Å². The van der Waals surface area contributed by atoms with Crippen LogP contribution < -0.4 is 0 Å². The summed E-state index contributed by atoms with van der Waals surface area (Å²) in [5.74, 6) is 1.77. The van der Waals surface area contributed by atoms with E-state index in [1.54, 1.807) is 0 Å². The molecule has 0 spiro atoms. The highest BCUT2D eigenvalue weighted by atomic mass is 16.3. The largest absolute Gasteiger partial charge is 0.455 e. The van der Waals surface area contributed by atoms with E-state index in [1.165, 1.54) is 49.4 Å². The van der Waals surface area contributed by atoms with E-state index in [0.29, 0.717) is 17.5 Å². The summed E-state index contributed by atoms with van der Waals surface area (Å²) in [5.41, 5.74) is 11.4. The van der Waals surface area contributed by atoms with Crippen LogP contribution in [0.1, 0.15) is 0 Å². The zero-order valence-electron chi connectivity index (χ0n) is 30.8. The maximum absolute atomic E-state index is 6.43. The second-order valence-corrected chi connectivity index (χ2v) is 14.3. The van der Waals surface area contributed by atoms with Gasteiger partial charge in [-0.3, -0.25) is 0 Å². The van der Waals surface area contributed by atoms with Crippen molar-refractivity contribution in [3.8, 4) is 67.5 Å². The summed E-state index contributed by atoms with van der Waals surface area (Å²) in [7, 11) is 0. The molecule has 0 fully saturated rings. The Labute approximate surface area is 329 Å². The Bertz CT molecular complexity index is 3220. The summed E-state index contributed by atoms with van der Waals surface area (Å²) < 4.78 is 6.43. The molecule has 0 aliphatic rings. The third kappa shape index (κ3) is 5.58. The molecule has 4 heteroatoms. The summed E-state index contributed by atoms with van der Waals surface area (Å²) in [5, 5.41) is 6.94. The molecule has 4 nitrogen and oxygen atoms in total. The zero-order valence-corrected chi connectivity index (χ0v) is 30.8. The number of hydrogen-bond acceptors (Lipinski definition) is 4. The van der Waals surface area contributed by atoms with Crippen LogP contribution in [0.5, 0.6) is 0 Å². The van der Waals surface area contributed by atoms with E-state index >= 15 is 0 Å². The van der Waals surface area contributed by atoms with Gasteiger partial charge < -0.3 is 4.42 Å². The van der Waals surface area contributed by atoms with Crippen molar-refractivity contribution in [2.45, 2.75) is 0 Å². The summed E-state index contributed by atoms with van der Waals surface area (Å²) in [6.07, 6.45) is 0. The fourth-order valence-corrected chi connectivity index (χ4v) is 8.35. The highest BCUT2D eigenvalue weighted by Crippen LogP contribution is 2.46. The molecule has 11 aromatic rings. The first-order chi connectivity index (χ1) is 28.3. The molecular formula is C53H33N3O. The number of rotatable bonds is 6. The molecule has 0 aliphatic carbocycles. The molecule has 0 atom stereocenters. The van der Waals surface area contributed by atoms with E-state index in [9.17, 15) is 0 Å². The van der Waals surface area contributed by atoms with Gasteiger partial charge in [0.15, 0.2) is 17.5 Å². The molecule has 2 heterocycles. The topological polar surface area (TPSA) is 51.8 Å². The lowest BCUT2D eigenvalue weighted by molar-refractivity contribution is 0.669. The third-order valence-electron chi connectivity index (χ3n) is 11.0. The summed E-state index contributed by atoms with van der Waals surface area (Å²) in [6, 6.07) is 70.1. The van der Waals surface area contributed by atoms with Crippen molar-refractivity contribution < 1.29 is 4.42 Å². The summed E-state index contributed by atoms with van der Waals surface area (Å²) in [4.78, 5) is 15.2. The normalized spacial score (nSPS) is 11.5. The average Bonchev–Trinajstić information content (AvgIpc) is 3.68. The van der Waals surface area contributed by atoms with Crippen LogP contribution in [-0.4, -0.2) is 15.0 Å². The van der Waals surface area contributed by atoms with Crippen LogP contribution in [0.15, 0.2) is 205 Å². The Hall–Kier alpha value is -7.69. The molecule has 9 aromatic carbocycles. The number of nitrogens with zero attached hydrogens (tertiary/aromatic N) is 3. The van der Waals surface area contributed by atoms with Gasteiger partial charge in [-0.25, -0.2) is 15.0 Å². The molecule has 0 saturated carbocycles. The van der Waals surface area contributed by atoms with Gasteiger partial charge in [-0.2, -0.15) is 0 Å². The fraction of sp³-hybridized carbons (Fsp3) is 0. The lowest BCUT2D eigenvalue weighted by Gasteiger charge is -2.19. The minimum Gasteiger partial charge on any atom is -0.455 e. The minimum absolute atomic E-state index is 0.566. The van der Waals surface area contributed by atoms with Crippen molar-refractivity contribution in [2.75, 3.05) is 0 Å². The molecule has 57 heavy (non-hydrogen) atoms. The standard InChI is InChI=1S/C53H33N3O/c1-3-16-34(17-4-1)38-20-7-8-22-40(38)49-43-25-11-9-23-41(43)48(42-24-10-12-26-44(42)49)35-30-32-37(33-31-35)52-54-51(36-18-5-2-6-19-36)55-53(56-52)46-28-15-27-45-39-21-13-14-29-47(39)57-50(45)46/h1-33H. The molecule has 0 N–H and O–H groups in total. The van der Waals surface area contributed by atoms with Gasteiger partial charge in [0.1, 0.15) is 11.2 Å². The maximum Gasteiger partial charge on any atom is 0.167 e. The molecule has 0 unspecified atom stereocenters. The molecular weight excluding hydrogens is 695 g/mol. The number of fused-ring (bicyclic) bond motifs is 5. The Morgan fingerprint density at radius 2 is 0.702 bits per heavy atom. The lowest BCUT2D eigenvalue weighted by Crippen LogP contribution is -2.00. The van der Waals surface area contributed by atoms with E-state index in [4.69, 9.17) is 19.4 Å². The Kier molecular flexibility index (Phi) is 7.78. The summed E-state index contributed by atoms with van der Waals surface area (Å²) in [6.45, 7) is 0. The van der Waals surface area contributed by atoms with Gasteiger partial charge in [-0.05, 0) is 67.1 Å². The number of aromatic nitrogens is 3. The first kappa shape index (κ1) is 32.7. The van der Waals surface area contributed by atoms with Crippen molar-refractivity contribution >= 4 is 43.5 Å². The molecule has 0 saturated heterocycles. The van der Waals surface area contributed by atoms with Gasteiger partial charge in [0, 0.05) is 21.9 Å². The predicted octanol–water partition coefficient (Wildman–Crippen LogP) is 14.1. The van der Waals surface area contributed by atoms with Crippen molar-refractivity contribution in [3.63, 3.8) is 0 Å². The van der Waals surface area contributed by atoms with Crippen LogP contribution >= 0.6 is 0 Å². The maximum atomic E-state index is 6.43. The fourth-order valence-electron chi connectivity index (χ4n) is 8.35. The number of benzene rings is 9. The van der Waals surface area contributed by atoms with Crippen LogP contribution in [0, 0.1) is 0 Å². The van der Waals surface area contributed by atoms with Crippen molar-refractivity contribution in [2.24, 2.45) is 0 Å². The molecule has 11 rings (SSSR count).